The van der Waals surface area contributed by atoms with E-state index in [4.69, 9.17) is 0 Å². The van der Waals surface area contributed by atoms with Gasteiger partial charge in [-0.15, -0.1) is 0 Å². The van der Waals surface area contributed by atoms with Crippen molar-refractivity contribution in [2.24, 2.45) is 4.99 Å². The van der Waals surface area contributed by atoms with Crippen molar-refractivity contribution in [3.8, 4) is 0 Å². The van der Waals surface area contributed by atoms with Gasteiger partial charge >= 0.3 is 21.7 Å². The van der Waals surface area contributed by atoms with Gasteiger partial charge in [0.25, 0.3) is 0 Å². The van der Waals surface area contributed by atoms with Crippen molar-refractivity contribution in [1.82, 2.24) is 0 Å². The zero-order valence-corrected chi connectivity index (χ0v) is 15.2. The van der Waals surface area contributed by atoms with Crippen molar-refractivity contribution in [2.75, 3.05) is 6.54 Å². The minimum Gasteiger partial charge on any atom is -1.00 e. The Morgan fingerprint density at radius 2 is 1.47 bits per heavy atom. The summed E-state index contributed by atoms with van der Waals surface area (Å²) in [6.45, 7) is 9.83. The number of quaternary nitrogens is 1. The zero-order valence-electron chi connectivity index (χ0n) is 10.6. The van der Waals surface area contributed by atoms with E-state index in [0.717, 1.165) is 0 Å². The first kappa shape index (κ1) is 30.9. The van der Waals surface area contributed by atoms with Gasteiger partial charge in [0.2, 0.25) is 5.84 Å². The van der Waals surface area contributed by atoms with Crippen molar-refractivity contribution in [1.29, 1.82) is 0 Å². The van der Waals surface area contributed by atoms with Gasteiger partial charge in [0.05, 0.1) is 12.2 Å². The number of aliphatic imine (C=N–C) groups is 1. The quantitative estimate of drug-likeness (QED) is 0.484. The number of rotatable bonds is 3. The normalized spacial score (nSPS) is 16.5. The Bertz CT molecular complexity index is 244. The Hall–Kier alpha value is 1.24. The van der Waals surface area contributed by atoms with E-state index in [1.165, 1.54) is 41.5 Å². The largest absolute Gasteiger partial charge is 3.00 e. The molecule has 1 radical (unpaired) electrons. The molecule has 2 nitrogen and oxygen atoms in total. The topological polar surface area (TPSA) is 16.8 Å². The van der Waals surface area contributed by atoms with E-state index >= 15 is 0 Å². The molecule has 0 aromatic heterocycles. The second-order valence-corrected chi connectivity index (χ2v) is 3.49. The molecule has 0 fully saturated rings. The Morgan fingerprint density at radius 1 is 1.00 bits per heavy atom. The molecule has 101 valence electrons. The van der Waals surface area contributed by atoms with Crippen molar-refractivity contribution < 1.29 is 76.2 Å². The first-order valence-corrected chi connectivity index (χ1v) is 4.76. The van der Waals surface area contributed by atoms with Gasteiger partial charge < -0.3 is 49.6 Å². The molecule has 1 aliphatic heterocycles. The molecule has 1 N–H and O–H groups in total. The van der Waals surface area contributed by atoms with E-state index in [1.54, 1.807) is 0 Å². The fourth-order valence-electron chi connectivity index (χ4n) is 1.61. The summed E-state index contributed by atoms with van der Waals surface area (Å²) in [4.78, 5) is 5.94. The molecule has 0 aliphatic carbocycles. The molecule has 7 heteroatoms. The van der Waals surface area contributed by atoms with Gasteiger partial charge in [-0.2, -0.15) is 4.99 Å². The molecule has 0 saturated heterocycles. The standard InChI is InChI=1S/C10H18N2.4ClH.Ti/c1-5-6-7-12-9(3)8(2)11-10(12)4;;;;;/h5-7H2,1-4H3;4*1H;/q;;;;;+3/p-3. The van der Waals surface area contributed by atoms with Crippen molar-refractivity contribution in [3.63, 3.8) is 0 Å². The van der Waals surface area contributed by atoms with Gasteiger partial charge in [-0.1, -0.05) is 13.3 Å². The van der Waals surface area contributed by atoms with Gasteiger partial charge in [0, 0.05) is 13.8 Å². The molecule has 1 heterocycles. The minimum absolute atomic E-state index is 0. The first-order chi connectivity index (χ1) is 5.66. The van der Waals surface area contributed by atoms with Crippen LogP contribution < -0.4 is 54.5 Å². The summed E-state index contributed by atoms with van der Waals surface area (Å²) in [7, 11) is 0. The van der Waals surface area contributed by atoms with Gasteiger partial charge in [0.1, 0.15) is 5.70 Å². The van der Waals surface area contributed by atoms with Crippen LogP contribution in [0.4, 0.5) is 0 Å². The monoisotopic (exact) mass is 355 g/mol. The number of hydrogen-bond donors (Lipinski definition) is 1. The third kappa shape index (κ3) is 8.88. The van der Waals surface area contributed by atoms with Crippen LogP contribution in [0.3, 0.4) is 0 Å². The number of nitrogens with one attached hydrogen (secondary N) is 1. The fraction of sp³-hybridized carbons (Fsp3) is 0.700. The first-order valence-electron chi connectivity index (χ1n) is 4.76. The molecule has 0 saturated carbocycles. The van der Waals surface area contributed by atoms with E-state index in [2.05, 4.69) is 32.7 Å². The molecule has 1 unspecified atom stereocenters. The van der Waals surface area contributed by atoms with Gasteiger partial charge in [-0.3, -0.25) is 4.90 Å². The average molecular weight is 357 g/mol. The Balaban J connectivity index is -0.0000000960. The minimum atomic E-state index is 0. The van der Waals surface area contributed by atoms with Crippen molar-refractivity contribution in [2.45, 2.75) is 40.5 Å². The number of allylic oxidation sites excluding steroid dienone is 2. The predicted octanol–water partition coefficient (Wildman–Crippen LogP) is -10.6. The molecule has 1 atom stereocenters. The molecule has 1 rings (SSSR count). The van der Waals surface area contributed by atoms with Crippen molar-refractivity contribution in [3.05, 3.63) is 11.4 Å². The van der Waals surface area contributed by atoms with Crippen LogP contribution in [0, 0.1) is 0 Å². The number of nitrogens with zero attached hydrogens (tertiary/aromatic N) is 1. The zero-order chi connectivity index (χ0) is 9.14. The number of amidine groups is 1. The summed E-state index contributed by atoms with van der Waals surface area (Å²) in [6, 6.07) is 0. The van der Waals surface area contributed by atoms with Gasteiger partial charge in [-0.05, 0) is 13.3 Å². The summed E-state index contributed by atoms with van der Waals surface area (Å²) in [5, 5.41) is 0. The fourth-order valence-corrected chi connectivity index (χ4v) is 1.61. The van der Waals surface area contributed by atoms with Crippen LogP contribution in [0.15, 0.2) is 16.4 Å². The van der Waals surface area contributed by atoms with E-state index in [9.17, 15) is 0 Å². The van der Waals surface area contributed by atoms with Crippen LogP contribution in [-0.4, -0.2) is 12.4 Å². The van der Waals surface area contributed by atoms with Crippen molar-refractivity contribution >= 4 is 5.84 Å². The molecule has 1 aliphatic rings. The smallest absolute Gasteiger partial charge is 1.00 e. The van der Waals surface area contributed by atoms with Crippen LogP contribution in [0.2, 0.25) is 0 Å². The van der Waals surface area contributed by atoms with E-state index < -0.39 is 0 Å². The predicted molar refractivity (Wildman–Crippen MR) is 52.2 cm³/mol. The SMILES string of the molecule is CCCC[NH+]1C(C)=NC(C)=C1C.[Cl-].[Cl-].[Cl-].[Cl-].[Ti+3]. The molecular formula is C10H19Cl4N2Ti. The maximum Gasteiger partial charge on any atom is 3.00 e. The molecule has 0 amide bonds. The van der Waals surface area contributed by atoms with E-state index in [-0.39, 0.29) is 71.3 Å². The summed E-state index contributed by atoms with van der Waals surface area (Å²) in [5.41, 5.74) is 2.61. The van der Waals surface area contributed by atoms with Crippen LogP contribution in [-0.2, 0) is 21.7 Å². The summed E-state index contributed by atoms with van der Waals surface area (Å²) in [5.74, 6) is 1.23. The van der Waals surface area contributed by atoms with Crippen LogP contribution in [0.25, 0.3) is 0 Å². The van der Waals surface area contributed by atoms with Gasteiger partial charge in [-0.25, -0.2) is 0 Å². The molecule has 0 aromatic carbocycles. The summed E-state index contributed by atoms with van der Waals surface area (Å²) >= 11 is 0. The number of hydrogen-bond acceptors (Lipinski definition) is 1. The molecular weight excluding hydrogens is 338 g/mol. The molecule has 0 spiro atoms. The van der Waals surface area contributed by atoms with E-state index in [1.807, 2.05) is 0 Å². The third-order valence-corrected chi connectivity index (χ3v) is 2.55. The van der Waals surface area contributed by atoms with Crippen LogP contribution in [0.5, 0.6) is 0 Å². The second kappa shape index (κ2) is 15.3. The number of halogens is 4. The Morgan fingerprint density at radius 3 is 1.76 bits per heavy atom. The molecule has 17 heavy (non-hydrogen) atoms. The van der Waals surface area contributed by atoms with Gasteiger partial charge in [0.15, 0.2) is 0 Å². The average Bonchev–Trinajstić information content (AvgIpc) is 2.25. The number of unbranched alkanes of at least 4 members (excludes halogenated alkanes) is 1. The third-order valence-electron chi connectivity index (χ3n) is 2.55. The summed E-state index contributed by atoms with van der Waals surface area (Å²) in [6.07, 6.45) is 2.55. The maximum absolute atomic E-state index is 4.46. The maximum atomic E-state index is 4.46. The van der Waals surface area contributed by atoms with Crippen LogP contribution in [0.1, 0.15) is 40.5 Å². The van der Waals surface area contributed by atoms with E-state index in [0.29, 0.717) is 0 Å². The molecule has 0 aromatic rings. The molecule has 0 bridgehead atoms. The Labute approximate surface area is 145 Å². The van der Waals surface area contributed by atoms with Crippen LogP contribution >= 0.6 is 0 Å². The summed E-state index contributed by atoms with van der Waals surface area (Å²) < 4.78 is 0. The Kier molecular flexibility index (Phi) is 27.8. The second-order valence-electron chi connectivity index (χ2n) is 3.49.